The highest BCUT2D eigenvalue weighted by atomic mass is 127. The van der Waals surface area contributed by atoms with Crippen molar-refractivity contribution < 1.29 is 30.3 Å². The zero-order valence-electron chi connectivity index (χ0n) is 12.8. The number of hydrogen-bond donors (Lipinski definition) is 0. The van der Waals surface area contributed by atoms with E-state index in [1.54, 1.807) is 4.08 Å². The smallest absolute Gasteiger partial charge is 0.352 e. The number of hydrogen-bond acceptors (Lipinski definition) is 1. The molecule has 1 nitrogen and oxygen atoms in total. The van der Waals surface area contributed by atoms with Crippen molar-refractivity contribution in [3.8, 4) is 0 Å². The topological polar surface area (TPSA) is 9.23 Å². The van der Waals surface area contributed by atoms with E-state index in [2.05, 4.69) is 31.2 Å². The van der Waals surface area contributed by atoms with Gasteiger partial charge in [-0.2, -0.15) is 0 Å². The molecule has 0 spiro atoms. The van der Waals surface area contributed by atoms with Crippen LogP contribution in [0.3, 0.4) is 0 Å². The van der Waals surface area contributed by atoms with Crippen LogP contribution in [0.4, 0.5) is 4.39 Å². The van der Waals surface area contributed by atoms with E-state index in [1.807, 2.05) is 30.3 Å². The minimum atomic E-state index is -0.367. The Morgan fingerprint density at radius 1 is 1.09 bits per heavy atom. The highest BCUT2D eigenvalue weighted by Gasteiger charge is 2.10. The maximum atomic E-state index is 13.8. The highest BCUT2D eigenvalue weighted by Crippen LogP contribution is 2.06. The van der Waals surface area contributed by atoms with Crippen LogP contribution >= 0.6 is 0 Å². The lowest BCUT2D eigenvalue weighted by Crippen LogP contribution is -3.59. The summed E-state index contributed by atoms with van der Waals surface area (Å²) in [5, 5.41) is 0. The predicted octanol–water partition coefficient (Wildman–Crippen LogP) is 2.06. The number of rotatable bonds is 8. The fourth-order valence-electron chi connectivity index (χ4n) is 1.89. The van der Waals surface area contributed by atoms with Crippen molar-refractivity contribution in [1.82, 2.24) is 0 Å². The minimum absolute atomic E-state index is 0.00307. The van der Waals surface area contributed by atoms with Crippen LogP contribution in [0.1, 0.15) is 24.0 Å². The highest BCUT2D eigenvalue weighted by molar-refractivity contribution is 5.13. The molecule has 22 heavy (non-hydrogen) atoms. The molecule has 0 N–H and O–H groups in total. The second kappa shape index (κ2) is 9.74. The summed E-state index contributed by atoms with van der Waals surface area (Å²) in [5.41, 5.74) is 2.40. The lowest BCUT2D eigenvalue weighted by molar-refractivity contribution is -0.558. The van der Waals surface area contributed by atoms with E-state index in [0.717, 1.165) is 12.0 Å². The lowest BCUT2D eigenvalue weighted by atomic mass is 10.2. The molecule has 2 aromatic carbocycles. The Balaban J connectivity index is 1.61. The molecule has 0 fully saturated rings. The van der Waals surface area contributed by atoms with E-state index in [-0.39, 0.29) is 27.0 Å². The van der Waals surface area contributed by atoms with Crippen molar-refractivity contribution in [3.05, 3.63) is 79.2 Å². The van der Waals surface area contributed by atoms with Gasteiger partial charge >= 0.3 is 21.2 Å². The number of halogens is 2. The van der Waals surface area contributed by atoms with E-state index in [0.29, 0.717) is 19.6 Å². The van der Waals surface area contributed by atoms with Crippen molar-refractivity contribution in [2.45, 2.75) is 26.4 Å². The van der Waals surface area contributed by atoms with Crippen LogP contribution in [0.5, 0.6) is 0 Å². The number of ether oxygens (including phenoxy) is 1. The van der Waals surface area contributed by atoms with Crippen LogP contribution in [0, 0.1) is 10.5 Å². The van der Waals surface area contributed by atoms with Crippen LogP contribution in [0.15, 0.2) is 64.5 Å². The molecule has 0 saturated carbocycles. The molecule has 0 saturated heterocycles. The third-order valence-electron chi connectivity index (χ3n) is 3.13. The molecule has 0 heterocycles. The molecule has 2 aromatic rings. The van der Waals surface area contributed by atoms with Gasteiger partial charge in [-0.25, -0.2) is 4.39 Å². The van der Waals surface area contributed by atoms with E-state index < -0.39 is 0 Å². The van der Waals surface area contributed by atoms with E-state index in [1.165, 1.54) is 9.13 Å². The Morgan fingerprint density at radius 3 is 2.55 bits per heavy atom. The van der Waals surface area contributed by atoms with Crippen molar-refractivity contribution in [2.75, 3.05) is 6.61 Å². The molecule has 0 aliphatic carbocycles. The van der Waals surface area contributed by atoms with Crippen LogP contribution in [-0.4, -0.2) is 6.61 Å². The largest absolute Gasteiger partial charge is 0.377 e. The molecule has 0 radical (unpaired) electrons. The van der Waals surface area contributed by atoms with E-state index >= 15 is 0 Å². The zero-order valence-corrected chi connectivity index (χ0v) is 14.9. The van der Waals surface area contributed by atoms with Crippen LogP contribution in [0.2, 0.25) is 0 Å². The van der Waals surface area contributed by atoms with Gasteiger partial charge in [0.2, 0.25) is 0 Å². The Hall–Kier alpha value is -1.20. The van der Waals surface area contributed by atoms with Gasteiger partial charge in [0.15, 0.2) is 7.65 Å². The summed E-state index contributed by atoms with van der Waals surface area (Å²) in [6.07, 6.45) is 1.20. The molecular formula is C19H21FIO+. The normalized spacial score (nSPS) is 11.6. The van der Waals surface area contributed by atoms with Gasteiger partial charge in [0.25, 0.3) is 0 Å². The first-order valence-corrected chi connectivity index (χ1v) is 9.73. The molecule has 0 unspecified atom stereocenters. The third kappa shape index (κ3) is 6.71. The SMILES string of the molecule is Cc1ccc([I+]/C=C(\F)CCCOCc2ccccc2)cc1. The minimum Gasteiger partial charge on any atom is -0.377 e. The molecule has 0 aromatic heterocycles. The molecule has 2 rings (SSSR count). The molecule has 0 bridgehead atoms. The molecule has 0 aliphatic rings. The van der Waals surface area contributed by atoms with Crippen molar-refractivity contribution >= 4 is 0 Å². The fourth-order valence-corrected chi connectivity index (χ4v) is 3.67. The average Bonchev–Trinajstić information content (AvgIpc) is 2.55. The molecule has 0 atom stereocenters. The molecule has 116 valence electrons. The monoisotopic (exact) mass is 411 g/mol. The summed E-state index contributed by atoms with van der Waals surface area (Å²) in [7, 11) is 0. The quantitative estimate of drug-likeness (QED) is 0.478. The first-order valence-electron chi connectivity index (χ1n) is 7.40. The van der Waals surface area contributed by atoms with Crippen LogP contribution in [0.25, 0.3) is 0 Å². The van der Waals surface area contributed by atoms with Gasteiger partial charge in [-0.1, -0.05) is 48.0 Å². The van der Waals surface area contributed by atoms with Gasteiger partial charge in [0, 0.05) is 13.0 Å². The Kier molecular flexibility index (Phi) is 7.60. The van der Waals surface area contributed by atoms with Gasteiger partial charge in [-0.15, -0.1) is 0 Å². The van der Waals surface area contributed by atoms with Crippen LogP contribution in [-0.2, 0) is 11.3 Å². The van der Waals surface area contributed by atoms with Crippen molar-refractivity contribution in [3.63, 3.8) is 0 Å². The van der Waals surface area contributed by atoms with Crippen LogP contribution < -0.4 is 21.2 Å². The average molecular weight is 411 g/mol. The Bertz CT molecular complexity index is 578. The lowest BCUT2D eigenvalue weighted by Gasteiger charge is -2.03. The molecule has 3 heteroatoms. The van der Waals surface area contributed by atoms with E-state index in [9.17, 15) is 4.39 Å². The zero-order chi connectivity index (χ0) is 15.6. The van der Waals surface area contributed by atoms with Crippen molar-refractivity contribution in [2.24, 2.45) is 0 Å². The Morgan fingerprint density at radius 2 is 1.82 bits per heavy atom. The summed E-state index contributed by atoms with van der Waals surface area (Å²) in [6, 6.07) is 18.4. The first-order chi connectivity index (χ1) is 10.7. The van der Waals surface area contributed by atoms with Gasteiger partial charge in [-0.05, 0) is 31.0 Å². The van der Waals surface area contributed by atoms with Gasteiger partial charge in [0.05, 0.1) is 6.61 Å². The summed E-state index contributed by atoms with van der Waals surface area (Å²) >= 11 is -0.367. The first kappa shape index (κ1) is 17.2. The second-order valence-electron chi connectivity index (χ2n) is 5.10. The van der Waals surface area contributed by atoms with Gasteiger partial charge in [-0.3, -0.25) is 0 Å². The summed E-state index contributed by atoms with van der Waals surface area (Å²) in [6.45, 7) is 3.26. The molecule has 0 amide bonds. The Labute approximate surface area is 142 Å². The predicted molar refractivity (Wildman–Crippen MR) is 84.4 cm³/mol. The number of benzene rings is 2. The molecular weight excluding hydrogens is 390 g/mol. The summed E-state index contributed by atoms with van der Waals surface area (Å²) in [5.74, 6) is -0.00307. The van der Waals surface area contributed by atoms with Gasteiger partial charge < -0.3 is 4.74 Å². The second-order valence-corrected chi connectivity index (χ2v) is 7.59. The maximum Gasteiger partial charge on any atom is 0.352 e. The molecule has 0 aliphatic heterocycles. The third-order valence-corrected chi connectivity index (χ3v) is 5.55. The maximum absolute atomic E-state index is 13.8. The number of aryl methyl sites for hydroxylation is 1. The summed E-state index contributed by atoms with van der Waals surface area (Å²) in [4.78, 5) is 0. The fraction of sp³-hybridized carbons (Fsp3) is 0.263. The van der Waals surface area contributed by atoms with E-state index in [4.69, 9.17) is 4.74 Å². The summed E-state index contributed by atoms with van der Waals surface area (Å²) < 4.78 is 22.3. The van der Waals surface area contributed by atoms with Gasteiger partial charge in [0.1, 0.15) is 5.83 Å². The number of allylic oxidation sites excluding steroid dienone is 1. The standard InChI is InChI=1S/C19H21FIO/c1-16-9-11-19(12-10-16)21-14-18(20)8-5-13-22-15-17-6-3-2-4-7-17/h2-4,6-7,9-12,14H,5,8,13,15H2,1H3/q+1/b18-14-. The van der Waals surface area contributed by atoms with Crippen molar-refractivity contribution in [1.29, 1.82) is 0 Å².